The Morgan fingerprint density at radius 1 is 1.56 bits per heavy atom. The Hall–Kier alpha value is 0.0800. The van der Waals surface area contributed by atoms with Crippen molar-refractivity contribution in [3.8, 4) is 0 Å². The first-order valence-corrected chi connectivity index (χ1v) is 3.04. The SMILES string of the molecule is CCCC(F)(Cl)C(F)F. The summed E-state index contributed by atoms with van der Waals surface area (Å²) in [7, 11) is 0. The minimum Gasteiger partial charge on any atom is -0.220 e. The van der Waals surface area contributed by atoms with Crippen molar-refractivity contribution in [1.82, 2.24) is 0 Å². The van der Waals surface area contributed by atoms with Crippen LogP contribution in [0.15, 0.2) is 0 Å². The van der Waals surface area contributed by atoms with Gasteiger partial charge in [0.05, 0.1) is 0 Å². The first-order valence-electron chi connectivity index (χ1n) is 2.66. The largest absolute Gasteiger partial charge is 0.285 e. The van der Waals surface area contributed by atoms with Gasteiger partial charge in [-0.1, -0.05) is 24.9 Å². The summed E-state index contributed by atoms with van der Waals surface area (Å²) in [5.74, 6) is 0. The first-order chi connectivity index (χ1) is 4.00. The molecule has 4 heteroatoms. The van der Waals surface area contributed by atoms with Crippen molar-refractivity contribution >= 4 is 11.6 Å². The van der Waals surface area contributed by atoms with E-state index in [1.807, 2.05) is 0 Å². The van der Waals surface area contributed by atoms with Gasteiger partial charge >= 0.3 is 0 Å². The topological polar surface area (TPSA) is 0 Å². The summed E-state index contributed by atoms with van der Waals surface area (Å²) in [5, 5.41) is -2.81. The molecule has 0 aliphatic carbocycles. The minimum atomic E-state index is -3.08. The highest BCUT2D eigenvalue weighted by molar-refractivity contribution is 6.23. The zero-order valence-electron chi connectivity index (χ0n) is 5.00. The molecule has 0 spiro atoms. The van der Waals surface area contributed by atoms with E-state index in [2.05, 4.69) is 0 Å². The van der Waals surface area contributed by atoms with Crippen LogP contribution in [0.4, 0.5) is 13.2 Å². The molecule has 56 valence electrons. The third-order valence-corrected chi connectivity index (χ3v) is 1.26. The highest BCUT2D eigenvalue weighted by Crippen LogP contribution is 2.30. The van der Waals surface area contributed by atoms with Gasteiger partial charge in [-0.2, -0.15) is 0 Å². The molecule has 0 bridgehead atoms. The van der Waals surface area contributed by atoms with Crippen LogP contribution in [-0.2, 0) is 0 Å². The average molecular weight is 161 g/mol. The Kier molecular flexibility index (Phi) is 3.33. The van der Waals surface area contributed by atoms with Crippen LogP contribution in [0.5, 0.6) is 0 Å². The Morgan fingerprint density at radius 2 is 2.00 bits per heavy atom. The molecule has 1 unspecified atom stereocenters. The number of halogens is 4. The van der Waals surface area contributed by atoms with Crippen LogP contribution in [0.25, 0.3) is 0 Å². The molecule has 0 aliphatic rings. The number of alkyl halides is 4. The fourth-order valence-electron chi connectivity index (χ4n) is 0.442. The maximum atomic E-state index is 12.2. The van der Waals surface area contributed by atoms with Gasteiger partial charge in [-0.3, -0.25) is 0 Å². The molecule has 9 heavy (non-hydrogen) atoms. The van der Waals surface area contributed by atoms with Crippen LogP contribution in [0.3, 0.4) is 0 Å². The van der Waals surface area contributed by atoms with Crippen molar-refractivity contribution in [3.05, 3.63) is 0 Å². The van der Waals surface area contributed by atoms with E-state index in [0.717, 1.165) is 0 Å². The van der Waals surface area contributed by atoms with Crippen LogP contribution in [0, 0.1) is 0 Å². The summed E-state index contributed by atoms with van der Waals surface area (Å²) < 4.78 is 35.2. The molecule has 0 aromatic heterocycles. The molecule has 0 rings (SSSR count). The third-order valence-electron chi connectivity index (χ3n) is 0.903. The highest BCUT2D eigenvalue weighted by Gasteiger charge is 2.36. The van der Waals surface area contributed by atoms with Crippen LogP contribution < -0.4 is 0 Å². The molecule has 0 saturated carbocycles. The molecule has 0 amide bonds. The number of hydrogen-bond donors (Lipinski definition) is 0. The quantitative estimate of drug-likeness (QED) is 0.557. The minimum absolute atomic E-state index is 0.299. The second kappa shape index (κ2) is 3.30. The van der Waals surface area contributed by atoms with Gasteiger partial charge in [-0.05, 0) is 0 Å². The lowest BCUT2D eigenvalue weighted by Crippen LogP contribution is -2.24. The Labute approximate surface area is 57.0 Å². The van der Waals surface area contributed by atoms with E-state index in [4.69, 9.17) is 11.6 Å². The molecule has 1 atom stereocenters. The van der Waals surface area contributed by atoms with E-state index in [1.165, 1.54) is 0 Å². The standard InChI is InChI=1S/C5H8ClF3/c1-2-3-5(6,9)4(7)8/h4H,2-3H2,1H3. The summed E-state index contributed by atoms with van der Waals surface area (Å²) in [6.45, 7) is 1.60. The van der Waals surface area contributed by atoms with Crippen molar-refractivity contribution < 1.29 is 13.2 Å². The Balaban J connectivity index is 3.70. The van der Waals surface area contributed by atoms with Crippen molar-refractivity contribution in [1.29, 1.82) is 0 Å². The van der Waals surface area contributed by atoms with E-state index in [9.17, 15) is 13.2 Å². The summed E-state index contributed by atoms with van der Waals surface area (Å²) in [4.78, 5) is 0. The average Bonchev–Trinajstić information content (AvgIpc) is 1.65. The molecule has 0 heterocycles. The molecule has 0 saturated heterocycles. The lowest BCUT2D eigenvalue weighted by atomic mass is 10.2. The van der Waals surface area contributed by atoms with Crippen LogP contribution in [0.1, 0.15) is 19.8 Å². The summed E-state index contributed by atoms with van der Waals surface area (Å²) in [6, 6.07) is 0. The normalized spacial score (nSPS) is 18.0. The predicted octanol–water partition coefficient (Wildman–Crippen LogP) is 2.96. The smallest absolute Gasteiger partial charge is 0.220 e. The molecular formula is C5H8ClF3. The molecule has 0 aliphatic heterocycles. The van der Waals surface area contributed by atoms with Gasteiger partial charge in [0.1, 0.15) is 0 Å². The molecule has 0 aromatic rings. The predicted molar refractivity (Wildman–Crippen MR) is 30.6 cm³/mol. The second-order valence-corrected chi connectivity index (χ2v) is 2.44. The van der Waals surface area contributed by atoms with Gasteiger partial charge in [-0.25, -0.2) is 13.2 Å². The van der Waals surface area contributed by atoms with Crippen LogP contribution in [0.2, 0.25) is 0 Å². The summed E-state index contributed by atoms with van der Waals surface area (Å²) in [6.07, 6.45) is -3.06. The zero-order chi connectivity index (χ0) is 7.49. The van der Waals surface area contributed by atoms with Crippen molar-refractivity contribution in [3.63, 3.8) is 0 Å². The molecule has 0 N–H and O–H groups in total. The Bertz CT molecular complexity index is 82.3. The van der Waals surface area contributed by atoms with Gasteiger partial charge in [0.15, 0.2) is 0 Å². The van der Waals surface area contributed by atoms with Gasteiger partial charge in [0.25, 0.3) is 6.43 Å². The lowest BCUT2D eigenvalue weighted by Gasteiger charge is -2.14. The van der Waals surface area contributed by atoms with Crippen LogP contribution in [-0.4, -0.2) is 11.6 Å². The van der Waals surface area contributed by atoms with Crippen molar-refractivity contribution in [2.24, 2.45) is 0 Å². The molecule has 0 aromatic carbocycles. The maximum Gasteiger partial charge on any atom is 0.285 e. The van der Waals surface area contributed by atoms with Gasteiger partial charge in [0.2, 0.25) is 5.13 Å². The highest BCUT2D eigenvalue weighted by atomic mass is 35.5. The van der Waals surface area contributed by atoms with Crippen molar-refractivity contribution in [2.45, 2.75) is 31.3 Å². The van der Waals surface area contributed by atoms with Gasteiger partial charge < -0.3 is 0 Å². The fraction of sp³-hybridized carbons (Fsp3) is 1.00. The molecule has 0 radical (unpaired) electrons. The summed E-state index contributed by atoms with van der Waals surface area (Å²) >= 11 is 4.75. The molecule has 0 fully saturated rings. The second-order valence-electron chi connectivity index (χ2n) is 1.81. The fourth-order valence-corrected chi connectivity index (χ4v) is 0.631. The maximum absolute atomic E-state index is 12.2. The summed E-state index contributed by atoms with van der Waals surface area (Å²) in [5.41, 5.74) is 0. The van der Waals surface area contributed by atoms with Crippen molar-refractivity contribution in [2.75, 3.05) is 0 Å². The first kappa shape index (κ1) is 9.08. The van der Waals surface area contributed by atoms with E-state index >= 15 is 0 Å². The van der Waals surface area contributed by atoms with E-state index in [0.29, 0.717) is 6.42 Å². The van der Waals surface area contributed by atoms with E-state index < -0.39 is 11.6 Å². The van der Waals surface area contributed by atoms with Gasteiger partial charge in [0, 0.05) is 6.42 Å². The monoisotopic (exact) mass is 160 g/mol. The molecule has 0 nitrogen and oxygen atoms in total. The van der Waals surface area contributed by atoms with Gasteiger partial charge in [-0.15, -0.1) is 0 Å². The third kappa shape index (κ3) is 2.94. The van der Waals surface area contributed by atoms with E-state index in [1.54, 1.807) is 6.92 Å². The van der Waals surface area contributed by atoms with Crippen LogP contribution >= 0.6 is 11.6 Å². The Morgan fingerprint density at radius 3 is 2.11 bits per heavy atom. The lowest BCUT2D eigenvalue weighted by molar-refractivity contribution is 0.0165. The number of hydrogen-bond acceptors (Lipinski definition) is 0. The zero-order valence-corrected chi connectivity index (χ0v) is 5.76. The number of rotatable bonds is 3. The van der Waals surface area contributed by atoms with E-state index in [-0.39, 0.29) is 6.42 Å². The molecular weight excluding hydrogens is 153 g/mol.